The van der Waals surface area contributed by atoms with Crippen LogP contribution in [0.3, 0.4) is 0 Å². The fourth-order valence-corrected chi connectivity index (χ4v) is 2.38. The van der Waals surface area contributed by atoms with Crippen molar-refractivity contribution >= 4 is 11.8 Å². The molecule has 1 N–H and O–H groups in total. The predicted octanol–water partition coefficient (Wildman–Crippen LogP) is -0.179. The van der Waals surface area contributed by atoms with Crippen molar-refractivity contribution in [3.63, 3.8) is 0 Å². The van der Waals surface area contributed by atoms with Gasteiger partial charge in [-0.3, -0.25) is 9.59 Å². The van der Waals surface area contributed by atoms with E-state index in [1.54, 1.807) is 4.90 Å². The molecule has 17 heavy (non-hydrogen) atoms. The molecule has 2 heterocycles. The van der Waals surface area contributed by atoms with Crippen LogP contribution >= 0.6 is 0 Å². The van der Waals surface area contributed by atoms with Crippen LogP contribution in [0, 0.1) is 0 Å². The van der Waals surface area contributed by atoms with Gasteiger partial charge < -0.3 is 15.1 Å². The Balaban J connectivity index is 1.85. The second-order valence-corrected chi connectivity index (χ2v) is 4.76. The minimum atomic E-state index is 0.0988. The van der Waals surface area contributed by atoms with Crippen molar-refractivity contribution in [2.45, 2.75) is 25.7 Å². The number of nitrogens with one attached hydrogen (secondary N) is 1. The Labute approximate surface area is 102 Å². The van der Waals surface area contributed by atoms with Gasteiger partial charge in [0.25, 0.3) is 0 Å². The lowest BCUT2D eigenvalue weighted by molar-refractivity contribution is -0.140. The third-order valence-corrected chi connectivity index (χ3v) is 3.47. The highest BCUT2D eigenvalue weighted by Crippen LogP contribution is 2.11. The van der Waals surface area contributed by atoms with Crippen LogP contribution in [0.1, 0.15) is 25.7 Å². The van der Waals surface area contributed by atoms with Crippen LogP contribution < -0.4 is 5.32 Å². The van der Waals surface area contributed by atoms with E-state index in [2.05, 4.69) is 5.32 Å². The van der Waals surface area contributed by atoms with E-state index in [0.717, 1.165) is 52.0 Å². The van der Waals surface area contributed by atoms with E-state index in [9.17, 15) is 9.59 Å². The van der Waals surface area contributed by atoms with Gasteiger partial charge in [0, 0.05) is 39.1 Å². The van der Waals surface area contributed by atoms with Crippen molar-refractivity contribution < 1.29 is 9.59 Å². The molecule has 0 radical (unpaired) electrons. The average molecular weight is 239 g/mol. The van der Waals surface area contributed by atoms with Crippen LogP contribution in [0.4, 0.5) is 0 Å². The largest absolute Gasteiger partial charge is 0.339 e. The molecule has 0 aromatic rings. The van der Waals surface area contributed by atoms with Crippen molar-refractivity contribution in [1.29, 1.82) is 0 Å². The zero-order valence-electron chi connectivity index (χ0n) is 10.3. The molecule has 0 aromatic carbocycles. The normalized spacial score (nSPS) is 22.5. The van der Waals surface area contributed by atoms with Crippen molar-refractivity contribution in [2.75, 3.05) is 39.3 Å². The summed E-state index contributed by atoms with van der Waals surface area (Å²) in [7, 11) is 0. The van der Waals surface area contributed by atoms with E-state index < -0.39 is 0 Å². The third kappa shape index (κ3) is 3.43. The summed E-state index contributed by atoms with van der Waals surface area (Å²) in [6.45, 7) is 4.27. The molecule has 2 aliphatic heterocycles. The van der Waals surface area contributed by atoms with Crippen molar-refractivity contribution in [3.05, 3.63) is 0 Å². The van der Waals surface area contributed by atoms with Gasteiger partial charge in [0.05, 0.1) is 6.54 Å². The minimum Gasteiger partial charge on any atom is -0.339 e. The molecule has 2 saturated heterocycles. The molecule has 5 heteroatoms. The maximum Gasteiger partial charge on any atom is 0.242 e. The summed E-state index contributed by atoms with van der Waals surface area (Å²) in [6.07, 6.45) is 3.70. The van der Waals surface area contributed by atoms with E-state index in [1.807, 2.05) is 4.90 Å². The summed E-state index contributed by atoms with van der Waals surface area (Å²) in [6, 6.07) is 0. The van der Waals surface area contributed by atoms with Crippen LogP contribution in [0.5, 0.6) is 0 Å². The van der Waals surface area contributed by atoms with E-state index in [0.29, 0.717) is 6.42 Å². The molecule has 2 amide bonds. The zero-order valence-corrected chi connectivity index (χ0v) is 10.3. The molecule has 2 rings (SSSR count). The van der Waals surface area contributed by atoms with Crippen LogP contribution in [0.15, 0.2) is 0 Å². The number of carbonyl (C=O) groups is 2. The molecule has 0 unspecified atom stereocenters. The Hall–Kier alpha value is -1.10. The average Bonchev–Trinajstić information content (AvgIpc) is 2.56. The number of amides is 2. The summed E-state index contributed by atoms with van der Waals surface area (Å²) < 4.78 is 0. The van der Waals surface area contributed by atoms with E-state index in [4.69, 9.17) is 0 Å². The van der Waals surface area contributed by atoms with Gasteiger partial charge in [-0.2, -0.15) is 0 Å². The van der Waals surface area contributed by atoms with Crippen LogP contribution in [0.2, 0.25) is 0 Å². The third-order valence-electron chi connectivity index (χ3n) is 3.47. The summed E-state index contributed by atoms with van der Waals surface area (Å²) in [5.41, 5.74) is 0. The van der Waals surface area contributed by atoms with Crippen molar-refractivity contribution in [3.8, 4) is 0 Å². The summed E-state index contributed by atoms with van der Waals surface area (Å²) >= 11 is 0. The highest BCUT2D eigenvalue weighted by atomic mass is 16.2. The number of piperazine rings is 1. The molecule has 5 nitrogen and oxygen atoms in total. The molecular formula is C12H21N3O2. The SMILES string of the molecule is O=C(CN1CCCCCC1=O)N1CCNCC1. The fraction of sp³-hybridized carbons (Fsp3) is 0.833. The summed E-state index contributed by atoms with van der Waals surface area (Å²) in [4.78, 5) is 27.4. The minimum absolute atomic E-state index is 0.0988. The first kappa shape index (κ1) is 12.4. The number of rotatable bonds is 2. The van der Waals surface area contributed by atoms with Crippen molar-refractivity contribution in [2.24, 2.45) is 0 Å². The second-order valence-electron chi connectivity index (χ2n) is 4.76. The lowest BCUT2D eigenvalue weighted by Gasteiger charge is -2.30. The number of nitrogens with zero attached hydrogens (tertiary/aromatic N) is 2. The fourth-order valence-electron chi connectivity index (χ4n) is 2.38. The van der Waals surface area contributed by atoms with Gasteiger partial charge in [-0.15, -0.1) is 0 Å². The Morgan fingerprint density at radius 2 is 1.88 bits per heavy atom. The van der Waals surface area contributed by atoms with Crippen LogP contribution in [0.25, 0.3) is 0 Å². The van der Waals surface area contributed by atoms with Gasteiger partial charge in [0.2, 0.25) is 11.8 Å². The number of hydrogen-bond acceptors (Lipinski definition) is 3. The first-order valence-electron chi connectivity index (χ1n) is 6.53. The monoisotopic (exact) mass is 239 g/mol. The zero-order chi connectivity index (χ0) is 12.1. The van der Waals surface area contributed by atoms with Crippen LogP contribution in [-0.4, -0.2) is 60.9 Å². The quantitative estimate of drug-likeness (QED) is 0.727. The summed E-state index contributed by atoms with van der Waals surface area (Å²) in [5.74, 6) is 0.243. The lowest BCUT2D eigenvalue weighted by Crippen LogP contribution is -2.50. The Bertz CT molecular complexity index is 287. The maximum absolute atomic E-state index is 12.0. The van der Waals surface area contributed by atoms with Crippen LogP contribution in [-0.2, 0) is 9.59 Å². The molecule has 0 saturated carbocycles. The molecule has 96 valence electrons. The molecule has 0 aromatic heterocycles. The molecule has 0 bridgehead atoms. The van der Waals surface area contributed by atoms with Gasteiger partial charge in [-0.05, 0) is 12.8 Å². The summed E-state index contributed by atoms with van der Waals surface area (Å²) in [5, 5.41) is 3.22. The van der Waals surface area contributed by atoms with Gasteiger partial charge in [0.1, 0.15) is 0 Å². The Kier molecular flexibility index (Phi) is 4.36. The molecule has 2 fully saturated rings. The van der Waals surface area contributed by atoms with Gasteiger partial charge in [0.15, 0.2) is 0 Å². The Morgan fingerprint density at radius 1 is 1.12 bits per heavy atom. The topological polar surface area (TPSA) is 52.7 Å². The maximum atomic E-state index is 12.0. The highest BCUT2D eigenvalue weighted by Gasteiger charge is 2.23. The first-order chi connectivity index (χ1) is 8.27. The molecule has 0 atom stereocenters. The second kappa shape index (κ2) is 6.00. The van der Waals surface area contributed by atoms with E-state index in [-0.39, 0.29) is 18.4 Å². The molecular weight excluding hydrogens is 218 g/mol. The van der Waals surface area contributed by atoms with E-state index >= 15 is 0 Å². The van der Waals surface area contributed by atoms with Crippen molar-refractivity contribution in [1.82, 2.24) is 15.1 Å². The lowest BCUT2D eigenvalue weighted by atomic mass is 10.2. The Morgan fingerprint density at radius 3 is 2.65 bits per heavy atom. The smallest absolute Gasteiger partial charge is 0.242 e. The molecule has 2 aliphatic rings. The van der Waals surface area contributed by atoms with E-state index in [1.165, 1.54) is 0 Å². The molecule has 0 aliphatic carbocycles. The number of carbonyl (C=O) groups excluding carboxylic acids is 2. The predicted molar refractivity (Wildman–Crippen MR) is 64.5 cm³/mol. The number of hydrogen-bond donors (Lipinski definition) is 1. The van der Waals surface area contributed by atoms with Gasteiger partial charge in [-0.1, -0.05) is 6.42 Å². The molecule has 0 spiro atoms. The highest BCUT2D eigenvalue weighted by molar-refractivity contribution is 5.85. The number of likely N-dealkylation sites (tertiary alicyclic amines) is 1. The van der Waals surface area contributed by atoms with Gasteiger partial charge in [-0.25, -0.2) is 0 Å². The van der Waals surface area contributed by atoms with Gasteiger partial charge >= 0.3 is 0 Å². The standard InChI is InChI=1S/C12H21N3O2/c16-11-4-2-1-3-7-15(11)10-12(17)14-8-5-13-6-9-14/h13H,1-10H2. The first-order valence-corrected chi connectivity index (χ1v) is 6.53.